The molecular formula is C19H23FN2O4S. The van der Waals surface area contributed by atoms with Crippen LogP contribution < -0.4 is 10.1 Å². The van der Waals surface area contributed by atoms with E-state index in [2.05, 4.69) is 5.32 Å². The summed E-state index contributed by atoms with van der Waals surface area (Å²) in [6.45, 7) is 3.61. The van der Waals surface area contributed by atoms with E-state index in [0.717, 1.165) is 4.31 Å². The quantitative estimate of drug-likeness (QED) is 0.784. The van der Waals surface area contributed by atoms with Crippen molar-refractivity contribution in [1.82, 2.24) is 9.62 Å². The predicted octanol–water partition coefficient (Wildman–Crippen LogP) is 2.79. The first-order valence-corrected chi connectivity index (χ1v) is 9.79. The molecule has 2 aromatic rings. The normalized spacial score (nSPS) is 11.7. The summed E-state index contributed by atoms with van der Waals surface area (Å²) in [5.74, 6) is -0.582. The van der Waals surface area contributed by atoms with E-state index in [0.29, 0.717) is 5.56 Å². The van der Waals surface area contributed by atoms with Gasteiger partial charge < -0.3 is 10.1 Å². The average Bonchev–Trinajstić information content (AvgIpc) is 2.60. The molecule has 2 aromatic carbocycles. The second-order valence-electron chi connectivity index (χ2n) is 6.38. The molecule has 1 N–H and O–H groups in total. The van der Waals surface area contributed by atoms with Gasteiger partial charge in [-0.25, -0.2) is 12.8 Å². The molecule has 0 spiro atoms. The second-order valence-corrected chi connectivity index (χ2v) is 8.43. The van der Waals surface area contributed by atoms with Gasteiger partial charge in [0.1, 0.15) is 11.6 Å². The molecule has 0 aromatic heterocycles. The largest absolute Gasteiger partial charge is 0.496 e. The van der Waals surface area contributed by atoms with E-state index >= 15 is 0 Å². The van der Waals surface area contributed by atoms with Crippen molar-refractivity contribution >= 4 is 15.9 Å². The Morgan fingerprint density at radius 3 is 2.52 bits per heavy atom. The van der Waals surface area contributed by atoms with E-state index in [4.69, 9.17) is 4.74 Å². The average molecular weight is 394 g/mol. The molecule has 0 atom stereocenters. The lowest BCUT2D eigenvalue weighted by Gasteiger charge is -2.19. The summed E-state index contributed by atoms with van der Waals surface area (Å²) in [6.07, 6.45) is 0. The maximum atomic E-state index is 13.3. The van der Waals surface area contributed by atoms with Gasteiger partial charge in [-0.1, -0.05) is 12.1 Å². The molecular weight excluding hydrogens is 371 g/mol. The number of benzene rings is 2. The zero-order chi connectivity index (χ0) is 20.2. The Labute approximate surface area is 159 Å². The van der Waals surface area contributed by atoms with Gasteiger partial charge in [-0.3, -0.25) is 4.79 Å². The van der Waals surface area contributed by atoms with E-state index in [1.807, 2.05) is 0 Å². The Kier molecular flexibility index (Phi) is 6.56. The van der Waals surface area contributed by atoms with Gasteiger partial charge in [0.25, 0.3) is 5.91 Å². The lowest BCUT2D eigenvalue weighted by molar-refractivity contribution is 0.0940. The summed E-state index contributed by atoms with van der Waals surface area (Å²) in [6, 6.07) is 9.73. The highest BCUT2D eigenvalue weighted by Gasteiger charge is 2.24. The first-order chi connectivity index (χ1) is 12.6. The molecule has 0 aliphatic heterocycles. The van der Waals surface area contributed by atoms with Gasteiger partial charge in [0.05, 0.1) is 17.6 Å². The maximum absolute atomic E-state index is 13.3. The standard InChI is InChI=1S/C19H23FN2O4S/c1-13(2)21-19(23)17-11-16(8-9-18(17)26-4)27(24,25)22(3)12-14-6-5-7-15(20)10-14/h5-11,13H,12H2,1-4H3,(H,21,23). The molecule has 0 saturated heterocycles. The number of carbonyl (C=O) groups excluding carboxylic acids is 1. The topological polar surface area (TPSA) is 75.7 Å². The third-order valence-corrected chi connectivity index (χ3v) is 5.64. The fraction of sp³-hybridized carbons (Fsp3) is 0.316. The zero-order valence-electron chi connectivity index (χ0n) is 15.7. The van der Waals surface area contributed by atoms with Gasteiger partial charge in [0, 0.05) is 19.6 Å². The number of rotatable bonds is 7. The molecule has 0 saturated carbocycles. The molecule has 0 aliphatic rings. The summed E-state index contributed by atoms with van der Waals surface area (Å²) in [7, 11) is -1.07. The Bertz CT molecular complexity index is 929. The van der Waals surface area contributed by atoms with Crippen molar-refractivity contribution in [2.45, 2.75) is 31.3 Å². The Morgan fingerprint density at radius 1 is 1.22 bits per heavy atom. The molecule has 146 valence electrons. The van der Waals surface area contributed by atoms with E-state index in [1.165, 1.54) is 50.6 Å². The van der Waals surface area contributed by atoms with Crippen LogP contribution in [0, 0.1) is 5.82 Å². The first kappa shape index (κ1) is 20.9. The number of ether oxygens (including phenoxy) is 1. The van der Waals surface area contributed by atoms with E-state index < -0.39 is 21.7 Å². The van der Waals surface area contributed by atoms with E-state index in [-0.39, 0.29) is 28.8 Å². The Morgan fingerprint density at radius 2 is 1.93 bits per heavy atom. The number of hydrogen-bond donors (Lipinski definition) is 1. The van der Waals surface area contributed by atoms with Crippen molar-refractivity contribution in [3.05, 3.63) is 59.4 Å². The SMILES string of the molecule is COc1ccc(S(=O)(=O)N(C)Cc2cccc(F)c2)cc1C(=O)NC(C)C. The molecule has 27 heavy (non-hydrogen) atoms. The molecule has 0 aliphatic carbocycles. The Balaban J connectivity index is 2.35. The van der Waals surface area contributed by atoms with Crippen LogP contribution in [0.5, 0.6) is 5.75 Å². The van der Waals surface area contributed by atoms with Gasteiger partial charge in [-0.05, 0) is 49.7 Å². The highest BCUT2D eigenvalue weighted by Crippen LogP contribution is 2.25. The Hall–Kier alpha value is -2.45. The molecule has 8 heteroatoms. The highest BCUT2D eigenvalue weighted by molar-refractivity contribution is 7.89. The van der Waals surface area contributed by atoms with Crippen LogP contribution in [-0.2, 0) is 16.6 Å². The van der Waals surface area contributed by atoms with Gasteiger partial charge in [-0.15, -0.1) is 0 Å². The smallest absolute Gasteiger partial charge is 0.255 e. The van der Waals surface area contributed by atoms with Gasteiger partial charge in [0.15, 0.2) is 0 Å². The summed E-state index contributed by atoms with van der Waals surface area (Å²) in [5.41, 5.74) is 0.652. The predicted molar refractivity (Wildman–Crippen MR) is 101 cm³/mol. The molecule has 0 radical (unpaired) electrons. The first-order valence-electron chi connectivity index (χ1n) is 8.35. The minimum absolute atomic E-state index is 0.000351. The van der Waals surface area contributed by atoms with Gasteiger partial charge in [-0.2, -0.15) is 4.31 Å². The van der Waals surface area contributed by atoms with Crippen molar-refractivity contribution in [1.29, 1.82) is 0 Å². The molecule has 0 heterocycles. The minimum atomic E-state index is -3.88. The highest BCUT2D eigenvalue weighted by atomic mass is 32.2. The summed E-state index contributed by atoms with van der Waals surface area (Å²) in [5, 5.41) is 2.72. The molecule has 0 bridgehead atoms. The second kappa shape index (κ2) is 8.49. The van der Waals surface area contributed by atoms with Crippen LogP contribution in [0.3, 0.4) is 0 Å². The number of carbonyl (C=O) groups is 1. The van der Waals surface area contributed by atoms with Crippen molar-refractivity contribution in [2.24, 2.45) is 0 Å². The molecule has 1 amide bonds. The van der Waals surface area contributed by atoms with Crippen molar-refractivity contribution in [3.8, 4) is 5.75 Å². The molecule has 6 nitrogen and oxygen atoms in total. The van der Waals surface area contributed by atoms with Crippen molar-refractivity contribution < 1.29 is 22.3 Å². The fourth-order valence-corrected chi connectivity index (χ4v) is 3.71. The van der Waals surface area contributed by atoms with Gasteiger partial charge in [0.2, 0.25) is 10.0 Å². The van der Waals surface area contributed by atoms with Crippen LogP contribution in [0.25, 0.3) is 0 Å². The van der Waals surface area contributed by atoms with Gasteiger partial charge >= 0.3 is 0 Å². The van der Waals surface area contributed by atoms with E-state index in [1.54, 1.807) is 19.9 Å². The maximum Gasteiger partial charge on any atom is 0.255 e. The monoisotopic (exact) mass is 394 g/mol. The van der Waals surface area contributed by atoms with Crippen LogP contribution in [-0.4, -0.2) is 38.8 Å². The fourth-order valence-electron chi connectivity index (χ4n) is 2.52. The lowest BCUT2D eigenvalue weighted by atomic mass is 10.2. The van der Waals surface area contributed by atoms with Crippen molar-refractivity contribution in [3.63, 3.8) is 0 Å². The number of sulfonamides is 1. The van der Waals surface area contributed by atoms with Crippen LogP contribution in [0.15, 0.2) is 47.4 Å². The number of hydrogen-bond acceptors (Lipinski definition) is 4. The van der Waals surface area contributed by atoms with Crippen LogP contribution >= 0.6 is 0 Å². The summed E-state index contributed by atoms with van der Waals surface area (Å²) >= 11 is 0. The summed E-state index contributed by atoms with van der Waals surface area (Å²) < 4.78 is 45.4. The van der Waals surface area contributed by atoms with Crippen LogP contribution in [0.4, 0.5) is 4.39 Å². The summed E-state index contributed by atoms with van der Waals surface area (Å²) in [4.78, 5) is 12.3. The number of amides is 1. The van der Waals surface area contributed by atoms with E-state index in [9.17, 15) is 17.6 Å². The number of nitrogens with zero attached hydrogens (tertiary/aromatic N) is 1. The number of halogens is 1. The van der Waals surface area contributed by atoms with Crippen LogP contribution in [0.1, 0.15) is 29.8 Å². The third kappa shape index (κ3) is 5.05. The van der Waals surface area contributed by atoms with Crippen molar-refractivity contribution in [2.75, 3.05) is 14.2 Å². The molecule has 0 fully saturated rings. The minimum Gasteiger partial charge on any atom is -0.496 e. The van der Waals surface area contributed by atoms with Crippen LogP contribution in [0.2, 0.25) is 0 Å². The lowest BCUT2D eigenvalue weighted by Crippen LogP contribution is -2.31. The number of methoxy groups -OCH3 is 1. The molecule has 0 unspecified atom stereocenters. The molecule has 2 rings (SSSR count). The number of nitrogens with one attached hydrogen (secondary N) is 1. The zero-order valence-corrected chi connectivity index (χ0v) is 16.5. The third-order valence-electron chi connectivity index (χ3n) is 3.84.